The third-order valence-electron chi connectivity index (χ3n) is 4.30. The van der Waals surface area contributed by atoms with E-state index in [9.17, 15) is 9.90 Å². The number of amides is 1. The van der Waals surface area contributed by atoms with Gasteiger partial charge in [0.05, 0.1) is 5.56 Å². The quantitative estimate of drug-likeness (QED) is 0.827. The molecule has 3 rings (SSSR count). The number of hydrogen-bond donors (Lipinski definition) is 2. The number of carbonyl (C=O) groups excluding carboxylic acids is 1. The summed E-state index contributed by atoms with van der Waals surface area (Å²) in [7, 11) is 0. The topological polar surface area (TPSA) is 61.7 Å². The Hall–Kier alpha value is -2.36. The first kappa shape index (κ1) is 14.6. The fourth-order valence-corrected chi connectivity index (χ4v) is 2.93. The van der Waals surface area contributed by atoms with Crippen LogP contribution in [0.25, 0.3) is 10.8 Å². The largest absolute Gasteiger partial charge is 0.507 e. The Balaban J connectivity index is 1.83. The lowest BCUT2D eigenvalue weighted by atomic mass is 9.89. The van der Waals surface area contributed by atoms with Crippen molar-refractivity contribution in [3.63, 3.8) is 0 Å². The van der Waals surface area contributed by atoms with Crippen LogP contribution in [0.1, 0.15) is 43.0 Å². The van der Waals surface area contributed by atoms with Crippen LogP contribution in [0.5, 0.6) is 5.75 Å². The summed E-state index contributed by atoms with van der Waals surface area (Å²) in [6.07, 6.45) is 4.40. The lowest BCUT2D eigenvalue weighted by molar-refractivity contribution is 0.0952. The monoisotopic (exact) mass is 296 g/mol. The van der Waals surface area contributed by atoms with Gasteiger partial charge in [-0.05, 0) is 48.1 Å². The van der Waals surface area contributed by atoms with Crippen molar-refractivity contribution >= 4 is 22.4 Å². The van der Waals surface area contributed by atoms with Crippen LogP contribution in [0.3, 0.4) is 0 Å². The molecule has 0 radical (unpaired) electrons. The zero-order valence-electron chi connectivity index (χ0n) is 12.7. The van der Waals surface area contributed by atoms with Gasteiger partial charge in [0.1, 0.15) is 5.75 Å². The maximum Gasteiger partial charge on any atom is 0.275 e. The maximum absolute atomic E-state index is 12.3. The summed E-state index contributed by atoms with van der Waals surface area (Å²) in [6.45, 7) is 2.14. The lowest BCUT2D eigenvalue weighted by Crippen LogP contribution is -2.24. The molecule has 1 unspecified atom stereocenters. The van der Waals surface area contributed by atoms with Crippen molar-refractivity contribution in [1.29, 1.82) is 0 Å². The molecule has 4 nitrogen and oxygen atoms in total. The number of hydrogen-bond acceptors (Lipinski definition) is 3. The second kappa shape index (κ2) is 6.18. The highest BCUT2D eigenvalue weighted by atomic mass is 16.3. The van der Waals surface area contributed by atoms with Crippen LogP contribution in [0.4, 0.5) is 0 Å². The van der Waals surface area contributed by atoms with Crippen molar-refractivity contribution in [1.82, 2.24) is 5.43 Å². The van der Waals surface area contributed by atoms with E-state index >= 15 is 0 Å². The molecule has 4 heteroatoms. The molecule has 1 fully saturated rings. The van der Waals surface area contributed by atoms with Crippen LogP contribution >= 0.6 is 0 Å². The molecule has 1 aliphatic rings. The van der Waals surface area contributed by atoms with Gasteiger partial charge in [-0.15, -0.1) is 0 Å². The number of phenolic OH excluding ortho intramolecular Hbond substituents is 1. The number of rotatable bonds is 2. The zero-order valence-corrected chi connectivity index (χ0v) is 12.7. The first-order chi connectivity index (χ1) is 10.6. The van der Waals surface area contributed by atoms with Gasteiger partial charge in [0.15, 0.2) is 0 Å². The van der Waals surface area contributed by atoms with Gasteiger partial charge >= 0.3 is 0 Å². The number of carbonyl (C=O) groups is 1. The Morgan fingerprint density at radius 3 is 2.68 bits per heavy atom. The number of benzene rings is 2. The van der Waals surface area contributed by atoms with Crippen molar-refractivity contribution in [2.45, 2.75) is 32.6 Å². The molecule has 0 bridgehead atoms. The second-order valence-electron chi connectivity index (χ2n) is 5.91. The van der Waals surface area contributed by atoms with Gasteiger partial charge in [0, 0.05) is 5.71 Å². The predicted molar refractivity (Wildman–Crippen MR) is 88.1 cm³/mol. The molecule has 1 saturated carbocycles. The molecule has 2 aromatic rings. The maximum atomic E-state index is 12.3. The van der Waals surface area contributed by atoms with E-state index in [1.54, 1.807) is 12.1 Å². The normalized spacial score (nSPS) is 20.2. The zero-order chi connectivity index (χ0) is 15.5. The molecular formula is C18H20N2O2. The number of phenols is 1. The van der Waals surface area contributed by atoms with Gasteiger partial charge in [0.25, 0.3) is 5.91 Å². The van der Waals surface area contributed by atoms with E-state index in [4.69, 9.17) is 0 Å². The third kappa shape index (κ3) is 2.96. The molecule has 1 aliphatic carbocycles. The van der Waals surface area contributed by atoms with E-state index < -0.39 is 0 Å². The van der Waals surface area contributed by atoms with E-state index in [1.165, 1.54) is 6.42 Å². The molecule has 2 N–H and O–H groups in total. The van der Waals surface area contributed by atoms with Crippen molar-refractivity contribution in [2.24, 2.45) is 11.0 Å². The highest BCUT2D eigenvalue weighted by molar-refractivity contribution is 6.02. The SMILES string of the molecule is CC1CCCC/C1=N\NC(=O)c1cc2ccccc2cc1O. The minimum atomic E-state index is -0.367. The van der Waals surface area contributed by atoms with E-state index in [1.807, 2.05) is 24.3 Å². The Labute approximate surface area is 129 Å². The summed E-state index contributed by atoms with van der Waals surface area (Å²) in [5.74, 6) is 0.0286. The first-order valence-electron chi connectivity index (χ1n) is 7.73. The van der Waals surface area contributed by atoms with Crippen LogP contribution < -0.4 is 5.43 Å². The Morgan fingerprint density at radius 2 is 1.95 bits per heavy atom. The minimum absolute atomic E-state index is 0.0203. The van der Waals surface area contributed by atoms with Crippen LogP contribution in [0.15, 0.2) is 41.5 Å². The van der Waals surface area contributed by atoms with Crippen molar-refractivity contribution in [3.8, 4) is 5.75 Å². The highest BCUT2D eigenvalue weighted by Gasteiger charge is 2.17. The Bertz CT molecular complexity index is 737. The molecular weight excluding hydrogens is 276 g/mol. The van der Waals surface area contributed by atoms with Crippen molar-refractivity contribution < 1.29 is 9.90 Å². The van der Waals surface area contributed by atoms with E-state index in [2.05, 4.69) is 17.5 Å². The lowest BCUT2D eigenvalue weighted by Gasteiger charge is -2.19. The molecule has 1 amide bonds. The summed E-state index contributed by atoms with van der Waals surface area (Å²) in [6, 6.07) is 10.9. The van der Waals surface area contributed by atoms with Gasteiger partial charge in [-0.25, -0.2) is 5.43 Å². The van der Waals surface area contributed by atoms with Crippen LogP contribution in [0.2, 0.25) is 0 Å². The van der Waals surface area contributed by atoms with Crippen LogP contribution in [0, 0.1) is 5.92 Å². The minimum Gasteiger partial charge on any atom is -0.507 e. The molecule has 0 spiro atoms. The third-order valence-corrected chi connectivity index (χ3v) is 4.30. The summed E-state index contributed by atoms with van der Waals surface area (Å²) < 4.78 is 0. The molecule has 0 heterocycles. The standard InChI is InChI=1S/C18H20N2O2/c1-12-6-2-5-9-16(12)19-20-18(22)15-10-13-7-3-4-8-14(13)11-17(15)21/h3-4,7-8,10-12,21H,2,5-6,9H2,1H3,(H,20,22)/b19-16+. The van der Waals surface area contributed by atoms with Gasteiger partial charge in [-0.2, -0.15) is 5.10 Å². The molecule has 2 aromatic carbocycles. The fourth-order valence-electron chi connectivity index (χ4n) is 2.93. The Kier molecular flexibility index (Phi) is 4.09. The summed E-state index contributed by atoms with van der Waals surface area (Å²) in [4.78, 5) is 12.3. The summed E-state index contributed by atoms with van der Waals surface area (Å²) in [5, 5.41) is 16.2. The number of hydrazone groups is 1. The van der Waals surface area contributed by atoms with E-state index in [-0.39, 0.29) is 17.2 Å². The Morgan fingerprint density at radius 1 is 1.23 bits per heavy atom. The number of fused-ring (bicyclic) bond motifs is 1. The van der Waals surface area contributed by atoms with E-state index in [0.29, 0.717) is 5.92 Å². The van der Waals surface area contributed by atoms with Gasteiger partial charge < -0.3 is 5.11 Å². The second-order valence-corrected chi connectivity index (χ2v) is 5.91. The summed E-state index contributed by atoms with van der Waals surface area (Å²) >= 11 is 0. The summed E-state index contributed by atoms with van der Waals surface area (Å²) in [5.41, 5.74) is 3.89. The molecule has 0 aliphatic heterocycles. The van der Waals surface area contributed by atoms with Gasteiger partial charge in [0.2, 0.25) is 0 Å². The predicted octanol–water partition coefficient (Wildman–Crippen LogP) is 3.84. The number of aromatic hydroxyl groups is 1. The molecule has 22 heavy (non-hydrogen) atoms. The van der Waals surface area contributed by atoms with Crippen molar-refractivity contribution in [2.75, 3.05) is 0 Å². The molecule has 1 atom stereocenters. The smallest absolute Gasteiger partial charge is 0.275 e. The molecule has 114 valence electrons. The van der Waals surface area contributed by atoms with E-state index in [0.717, 1.165) is 35.7 Å². The highest BCUT2D eigenvalue weighted by Crippen LogP contribution is 2.25. The molecule has 0 aromatic heterocycles. The van der Waals surface area contributed by atoms with Gasteiger partial charge in [-0.1, -0.05) is 37.6 Å². The number of nitrogens with one attached hydrogen (secondary N) is 1. The van der Waals surface area contributed by atoms with Crippen LogP contribution in [-0.4, -0.2) is 16.7 Å². The fraction of sp³-hybridized carbons (Fsp3) is 0.333. The average molecular weight is 296 g/mol. The average Bonchev–Trinajstić information content (AvgIpc) is 2.53. The van der Waals surface area contributed by atoms with Gasteiger partial charge in [-0.3, -0.25) is 4.79 Å². The van der Waals surface area contributed by atoms with Crippen LogP contribution in [-0.2, 0) is 0 Å². The number of nitrogens with zero attached hydrogens (tertiary/aromatic N) is 1. The first-order valence-corrected chi connectivity index (χ1v) is 7.73. The van der Waals surface area contributed by atoms with Crippen molar-refractivity contribution in [3.05, 3.63) is 42.0 Å². The molecule has 0 saturated heterocycles.